The fraction of sp³-hybridized carbons (Fsp3) is 0.0667. The first kappa shape index (κ1) is 14.4. The lowest BCUT2D eigenvalue weighted by Gasteiger charge is -1.99. The molecule has 0 aliphatic carbocycles. The molecule has 1 aromatic rings. The van der Waals surface area contributed by atoms with E-state index in [-0.39, 0.29) is 5.92 Å². The lowest BCUT2D eigenvalue weighted by Crippen LogP contribution is -1.94. The normalized spacial score (nSPS) is 13.3. The predicted molar refractivity (Wildman–Crippen MR) is 72.5 cm³/mol. The molecule has 0 saturated heterocycles. The summed E-state index contributed by atoms with van der Waals surface area (Å²) >= 11 is 0. The van der Waals surface area contributed by atoms with Gasteiger partial charge in [-0.1, -0.05) is 54.6 Å². The van der Waals surface area contributed by atoms with Gasteiger partial charge in [0.15, 0.2) is 0 Å². The molecule has 98 valence electrons. The van der Waals surface area contributed by atoms with Gasteiger partial charge in [-0.25, -0.2) is 9.59 Å². The molecule has 1 aromatic carbocycles. The number of hydrogen-bond donors (Lipinski definition) is 2. The lowest BCUT2D eigenvalue weighted by molar-refractivity contribution is -0.132. The minimum absolute atomic E-state index is 0.382. The monoisotopic (exact) mass is 258 g/mol. The Balaban J connectivity index is 2.82. The van der Waals surface area contributed by atoms with Crippen LogP contribution >= 0.6 is 0 Å². The SMILES string of the molecule is O=C(O)C=CC(C=CC(=O)O)C=Cc1ccccc1. The largest absolute Gasteiger partial charge is 0.478 e. The van der Waals surface area contributed by atoms with E-state index in [2.05, 4.69) is 0 Å². The molecule has 0 saturated carbocycles. The van der Waals surface area contributed by atoms with Crippen molar-refractivity contribution in [2.24, 2.45) is 5.92 Å². The third-order valence-electron chi connectivity index (χ3n) is 2.23. The number of aliphatic carboxylic acids is 2. The number of carboxylic acid groups (broad SMARTS) is 2. The lowest BCUT2D eigenvalue weighted by atomic mass is 10.1. The van der Waals surface area contributed by atoms with Crippen molar-refractivity contribution in [2.75, 3.05) is 0 Å². The van der Waals surface area contributed by atoms with E-state index in [0.717, 1.165) is 17.7 Å². The maximum Gasteiger partial charge on any atom is 0.328 e. The summed E-state index contributed by atoms with van der Waals surface area (Å²) in [5, 5.41) is 17.1. The van der Waals surface area contributed by atoms with E-state index < -0.39 is 11.9 Å². The molecule has 0 heterocycles. The summed E-state index contributed by atoms with van der Waals surface area (Å²) < 4.78 is 0. The van der Waals surface area contributed by atoms with E-state index in [1.165, 1.54) is 12.2 Å². The van der Waals surface area contributed by atoms with Crippen molar-refractivity contribution in [3.8, 4) is 0 Å². The highest BCUT2D eigenvalue weighted by atomic mass is 16.4. The number of carbonyl (C=O) groups is 2. The third-order valence-corrected chi connectivity index (χ3v) is 2.23. The predicted octanol–water partition coefficient (Wildman–Crippen LogP) is 2.60. The number of carboxylic acids is 2. The molecule has 0 bridgehead atoms. The zero-order valence-electron chi connectivity index (χ0n) is 10.1. The third kappa shape index (κ3) is 6.63. The molecule has 19 heavy (non-hydrogen) atoms. The Labute approximate surface area is 111 Å². The fourth-order valence-corrected chi connectivity index (χ4v) is 1.37. The Morgan fingerprint density at radius 1 is 0.895 bits per heavy atom. The Bertz CT molecular complexity index is 488. The van der Waals surface area contributed by atoms with Gasteiger partial charge in [-0.05, 0) is 5.56 Å². The smallest absolute Gasteiger partial charge is 0.328 e. The van der Waals surface area contributed by atoms with E-state index in [9.17, 15) is 9.59 Å². The van der Waals surface area contributed by atoms with Gasteiger partial charge in [0.1, 0.15) is 0 Å². The number of hydrogen-bond acceptors (Lipinski definition) is 2. The van der Waals surface area contributed by atoms with Gasteiger partial charge < -0.3 is 10.2 Å². The average Bonchev–Trinajstić information content (AvgIpc) is 2.38. The summed E-state index contributed by atoms with van der Waals surface area (Å²) in [6.45, 7) is 0. The molecular weight excluding hydrogens is 244 g/mol. The van der Waals surface area contributed by atoms with Gasteiger partial charge >= 0.3 is 11.9 Å². The molecule has 0 atom stereocenters. The summed E-state index contributed by atoms with van der Waals surface area (Å²) in [6, 6.07) is 9.46. The van der Waals surface area contributed by atoms with Crippen LogP contribution in [0.5, 0.6) is 0 Å². The van der Waals surface area contributed by atoms with Crippen LogP contribution in [0.3, 0.4) is 0 Å². The molecule has 2 N–H and O–H groups in total. The van der Waals surface area contributed by atoms with Crippen LogP contribution in [0, 0.1) is 5.92 Å². The Morgan fingerprint density at radius 2 is 1.42 bits per heavy atom. The Hall–Kier alpha value is -2.62. The highest BCUT2D eigenvalue weighted by Gasteiger charge is 1.98. The molecule has 1 rings (SSSR count). The van der Waals surface area contributed by atoms with Crippen LogP contribution in [0.4, 0.5) is 0 Å². The quantitative estimate of drug-likeness (QED) is 0.769. The van der Waals surface area contributed by atoms with E-state index in [0.29, 0.717) is 0 Å². The second-order valence-corrected chi connectivity index (χ2v) is 3.74. The first-order valence-electron chi connectivity index (χ1n) is 5.63. The van der Waals surface area contributed by atoms with Crippen molar-refractivity contribution in [1.82, 2.24) is 0 Å². The summed E-state index contributed by atoms with van der Waals surface area (Å²) in [7, 11) is 0. The van der Waals surface area contributed by atoms with Gasteiger partial charge in [-0.15, -0.1) is 0 Å². The van der Waals surface area contributed by atoms with Crippen LogP contribution in [-0.2, 0) is 9.59 Å². The molecule has 0 fully saturated rings. The molecule has 4 nitrogen and oxygen atoms in total. The van der Waals surface area contributed by atoms with Crippen molar-refractivity contribution in [2.45, 2.75) is 0 Å². The van der Waals surface area contributed by atoms with Gasteiger partial charge in [-0.3, -0.25) is 0 Å². The van der Waals surface area contributed by atoms with Crippen LogP contribution < -0.4 is 0 Å². The summed E-state index contributed by atoms with van der Waals surface area (Å²) in [4.78, 5) is 20.9. The highest BCUT2D eigenvalue weighted by molar-refractivity contribution is 5.81. The van der Waals surface area contributed by atoms with Crippen LogP contribution in [0.15, 0.2) is 60.7 Å². The molecule has 0 aliphatic heterocycles. The van der Waals surface area contributed by atoms with Gasteiger partial charge in [0.25, 0.3) is 0 Å². The van der Waals surface area contributed by atoms with Crippen molar-refractivity contribution >= 4 is 18.0 Å². The summed E-state index contributed by atoms with van der Waals surface area (Å²) in [5.41, 5.74) is 0.958. The van der Waals surface area contributed by atoms with Crippen molar-refractivity contribution in [1.29, 1.82) is 0 Å². The van der Waals surface area contributed by atoms with Crippen molar-refractivity contribution in [3.05, 3.63) is 66.3 Å². The first-order valence-corrected chi connectivity index (χ1v) is 5.63. The second kappa shape index (κ2) is 7.66. The summed E-state index contributed by atoms with van der Waals surface area (Å²) in [6.07, 6.45) is 8.36. The Kier molecular flexibility index (Phi) is 5.82. The minimum Gasteiger partial charge on any atom is -0.478 e. The Morgan fingerprint density at radius 3 is 1.89 bits per heavy atom. The van der Waals surface area contributed by atoms with Crippen LogP contribution in [0.25, 0.3) is 6.08 Å². The molecule has 0 spiro atoms. The highest BCUT2D eigenvalue weighted by Crippen LogP contribution is 2.09. The van der Waals surface area contributed by atoms with E-state index in [4.69, 9.17) is 10.2 Å². The number of rotatable bonds is 6. The van der Waals surface area contributed by atoms with Crippen molar-refractivity contribution in [3.63, 3.8) is 0 Å². The minimum atomic E-state index is -1.07. The van der Waals surface area contributed by atoms with E-state index in [1.807, 2.05) is 36.4 Å². The number of allylic oxidation sites excluding steroid dienone is 3. The zero-order chi connectivity index (χ0) is 14.1. The topological polar surface area (TPSA) is 74.6 Å². The van der Waals surface area contributed by atoms with Gasteiger partial charge in [0, 0.05) is 18.1 Å². The van der Waals surface area contributed by atoms with Crippen LogP contribution in [0.1, 0.15) is 5.56 Å². The molecule has 0 radical (unpaired) electrons. The molecule has 0 unspecified atom stereocenters. The fourth-order valence-electron chi connectivity index (χ4n) is 1.37. The molecule has 0 amide bonds. The van der Waals surface area contributed by atoms with Gasteiger partial charge in [-0.2, -0.15) is 0 Å². The first-order chi connectivity index (χ1) is 9.08. The van der Waals surface area contributed by atoms with Gasteiger partial charge in [0.05, 0.1) is 0 Å². The zero-order valence-corrected chi connectivity index (χ0v) is 10.1. The van der Waals surface area contributed by atoms with Crippen molar-refractivity contribution < 1.29 is 19.8 Å². The molecule has 0 aromatic heterocycles. The van der Waals surface area contributed by atoms with Crippen LogP contribution in [-0.4, -0.2) is 22.2 Å². The van der Waals surface area contributed by atoms with Gasteiger partial charge in [0.2, 0.25) is 0 Å². The molecular formula is C15H14O4. The molecule has 0 aliphatic rings. The molecule has 4 heteroatoms. The van der Waals surface area contributed by atoms with E-state index >= 15 is 0 Å². The van der Waals surface area contributed by atoms with Crippen LogP contribution in [0.2, 0.25) is 0 Å². The standard InChI is InChI=1S/C15H14O4/c16-14(17)10-8-13(9-11-15(18)19)7-6-12-4-2-1-3-5-12/h1-11,13H,(H,16,17)(H,18,19). The second-order valence-electron chi connectivity index (χ2n) is 3.74. The maximum absolute atomic E-state index is 10.5. The van der Waals surface area contributed by atoms with E-state index in [1.54, 1.807) is 6.08 Å². The average molecular weight is 258 g/mol. The summed E-state index contributed by atoms with van der Waals surface area (Å²) in [5.74, 6) is -2.52. The number of benzene rings is 1. The maximum atomic E-state index is 10.5.